The SMILES string of the molecule is CCn1nccc1-c1nc(C)nc(NC)c1C. The number of nitrogens with zero attached hydrogens (tertiary/aromatic N) is 4. The zero-order valence-corrected chi connectivity index (χ0v) is 10.7. The number of aryl methyl sites for hydroxylation is 2. The third kappa shape index (κ3) is 2.00. The zero-order chi connectivity index (χ0) is 12.4. The number of rotatable bonds is 3. The summed E-state index contributed by atoms with van der Waals surface area (Å²) in [5, 5.41) is 7.37. The minimum Gasteiger partial charge on any atom is -0.373 e. The molecule has 1 N–H and O–H groups in total. The highest BCUT2D eigenvalue weighted by Crippen LogP contribution is 2.25. The van der Waals surface area contributed by atoms with E-state index in [0.717, 1.165) is 35.1 Å². The fourth-order valence-electron chi connectivity index (χ4n) is 1.91. The average Bonchev–Trinajstić information content (AvgIpc) is 2.79. The second-order valence-electron chi connectivity index (χ2n) is 3.88. The average molecular weight is 231 g/mol. The number of hydrogen-bond acceptors (Lipinski definition) is 4. The first-order chi connectivity index (χ1) is 8.17. The van der Waals surface area contributed by atoms with E-state index in [1.165, 1.54) is 0 Å². The van der Waals surface area contributed by atoms with Crippen molar-refractivity contribution in [3.63, 3.8) is 0 Å². The van der Waals surface area contributed by atoms with Crippen LogP contribution in [0.4, 0.5) is 5.82 Å². The summed E-state index contributed by atoms with van der Waals surface area (Å²) in [4.78, 5) is 8.89. The van der Waals surface area contributed by atoms with Crippen LogP contribution in [-0.4, -0.2) is 26.8 Å². The van der Waals surface area contributed by atoms with Crippen LogP contribution in [0.5, 0.6) is 0 Å². The summed E-state index contributed by atoms with van der Waals surface area (Å²) >= 11 is 0. The highest BCUT2D eigenvalue weighted by Gasteiger charge is 2.13. The Balaban J connectivity index is 2.63. The standard InChI is InChI=1S/C12H17N5/c1-5-17-10(6-7-14-17)11-8(2)12(13-4)16-9(3)15-11/h6-7H,5H2,1-4H3,(H,13,15,16). The second-order valence-corrected chi connectivity index (χ2v) is 3.88. The Morgan fingerprint density at radius 1 is 1.29 bits per heavy atom. The molecule has 0 radical (unpaired) electrons. The van der Waals surface area contributed by atoms with Crippen LogP contribution < -0.4 is 5.32 Å². The molecule has 2 aromatic heterocycles. The summed E-state index contributed by atoms with van der Waals surface area (Å²) in [6, 6.07) is 1.98. The van der Waals surface area contributed by atoms with Crippen molar-refractivity contribution in [2.45, 2.75) is 27.3 Å². The highest BCUT2D eigenvalue weighted by atomic mass is 15.3. The molecule has 0 saturated carbocycles. The van der Waals surface area contributed by atoms with Gasteiger partial charge in [-0.1, -0.05) is 0 Å². The molecule has 0 unspecified atom stereocenters. The third-order valence-corrected chi connectivity index (χ3v) is 2.75. The summed E-state index contributed by atoms with van der Waals surface area (Å²) in [6.07, 6.45) is 1.80. The highest BCUT2D eigenvalue weighted by molar-refractivity contribution is 5.65. The largest absolute Gasteiger partial charge is 0.373 e. The molecule has 2 aromatic rings. The van der Waals surface area contributed by atoms with Crippen LogP contribution in [0.1, 0.15) is 18.3 Å². The van der Waals surface area contributed by atoms with E-state index in [1.54, 1.807) is 6.20 Å². The van der Waals surface area contributed by atoms with Gasteiger partial charge in [-0.15, -0.1) is 0 Å². The van der Waals surface area contributed by atoms with Gasteiger partial charge < -0.3 is 5.32 Å². The van der Waals surface area contributed by atoms with Crippen LogP contribution >= 0.6 is 0 Å². The van der Waals surface area contributed by atoms with E-state index in [4.69, 9.17) is 0 Å². The number of anilines is 1. The van der Waals surface area contributed by atoms with Gasteiger partial charge in [-0.05, 0) is 26.8 Å². The maximum absolute atomic E-state index is 4.52. The van der Waals surface area contributed by atoms with Gasteiger partial charge in [0.1, 0.15) is 11.6 Å². The molecule has 0 saturated heterocycles. The van der Waals surface area contributed by atoms with Crippen molar-refractivity contribution in [2.24, 2.45) is 0 Å². The van der Waals surface area contributed by atoms with Gasteiger partial charge in [-0.25, -0.2) is 9.97 Å². The van der Waals surface area contributed by atoms with E-state index in [-0.39, 0.29) is 0 Å². The monoisotopic (exact) mass is 231 g/mol. The molecule has 5 nitrogen and oxygen atoms in total. The van der Waals surface area contributed by atoms with Gasteiger partial charge in [0.25, 0.3) is 0 Å². The van der Waals surface area contributed by atoms with Gasteiger partial charge in [-0.2, -0.15) is 5.10 Å². The molecular formula is C12H17N5. The number of nitrogens with one attached hydrogen (secondary N) is 1. The molecule has 0 bridgehead atoms. The predicted octanol–water partition coefficient (Wildman–Crippen LogP) is 2.02. The quantitative estimate of drug-likeness (QED) is 0.878. The van der Waals surface area contributed by atoms with E-state index in [0.29, 0.717) is 0 Å². The summed E-state index contributed by atoms with van der Waals surface area (Å²) in [6.45, 7) is 6.82. The third-order valence-electron chi connectivity index (χ3n) is 2.75. The lowest BCUT2D eigenvalue weighted by molar-refractivity contribution is 0.665. The minimum absolute atomic E-state index is 0.763. The van der Waals surface area contributed by atoms with Crippen molar-refractivity contribution >= 4 is 5.82 Å². The maximum Gasteiger partial charge on any atom is 0.133 e. The lowest BCUT2D eigenvalue weighted by atomic mass is 10.1. The molecule has 0 aliphatic heterocycles. The van der Waals surface area contributed by atoms with E-state index >= 15 is 0 Å². The molecular weight excluding hydrogens is 214 g/mol. The zero-order valence-electron chi connectivity index (χ0n) is 10.7. The molecule has 5 heteroatoms. The van der Waals surface area contributed by atoms with E-state index in [1.807, 2.05) is 31.6 Å². The maximum atomic E-state index is 4.52. The van der Waals surface area contributed by atoms with Gasteiger partial charge in [0, 0.05) is 25.4 Å². The fraction of sp³-hybridized carbons (Fsp3) is 0.417. The Morgan fingerprint density at radius 3 is 2.71 bits per heavy atom. The van der Waals surface area contributed by atoms with Crippen LogP contribution in [0.15, 0.2) is 12.3 Å². The first-order valence-electron chi connectivity index (χ1n) is 5.72. The number of hydrogen-bond donors (Lipinski definition) is 1. The Bertz CT molecular complexity index is 530. The van der Waals surface area contributed by atoms with Crippen LogP contribution in [0, 0.1) is 13.8 Å². The Kier molecular flexibility index (Phi) is 3.08. The molecule has 0 aliphatic carbocycles. The van der Waals surface area contributed by atoms with Gasteiger partial charge in [0.05, 0.1) is 11.4 Å². The van der Waals surface area contributed by atoms with Crippen LogP contribution in [0.25, 0.3) is 11.4 Å². The van der Waals surface area contributed by atoms with Gasteiger partial charge in [0.2, 0.25) is 0 Å². The molecule has 0 amide bonds. The van der Waals surface area contributed by atoms with Crippen molar-refractivity contribution in [1.82, 2.24) is 19.7 Å². The number of aromatic nitrogens is 4. The van der Waals surface area contributed by atoms with Crippen LogP contribution in [0.3, 0.4) is 0 Å². The Labute approximate surface area is 101 Å². The molecule has 0 spiro atoms. The van der Waals surface area contributed by atoms with E-state index < -0.39 is 0 Å². The fourth-order valence-corrected chi connectivity index (χ4v) is 1.91. The van der Waals surface area contributed by atoms with Gasteiger partial charge in [-0.3, -0.25) is 4.68 Å². The minimum atomic E-state index is 0.763. The van der Waals surface area contributed by atoms with Crippen molar-refractivity contribution in [2.75, 3.05) is 12.4 Å². The van der Waals surface area contributed by atoms with Crippen LogP contribution in [0.2, 0.25) is 0 Å². The van der Waals surface area contributed by atoms with Gasteiger partial charge in [0.15, 0.2) is 0 Å². The van der Waals surface area contributed by atoms with Gasteiger partial charge >= 0.3 is 0 Å². The smallest absolute Gasteiger partial charge is 0.133 e. The van der Waals surface area contributed by atoms with Crippen molar-refractivity contribution in [1.29, 1.82) is 0 Å². The van der Waals surface area contributed by atoms with Crippen molar-refractivity contribution < 1.29 is 0 Å². The normalized spacial score (nSPS) is 10.6. The van der Waals surface area contributed by atoms with Crippen molar-refractivity contribution in [3.05, 3.63) is 23.7 Å². The predicted molar refractivity (Wildman–Crippen MR) is 67.9 cm³/mol. The summed E-state index contributed by atoms with van der Waals surface area (Å²) in [5.74, 6) is 1.63. The Morgan fingerprint density at radius 2 is 2.06 bits per heavy atom. The lowest BCUT2D eigenvalue weighted by Crippen LogP contribution is -2.06. The topological polar surface area (TPSA) is 55.6 Å². The summed E-state index contributed by atoms with van der Waals surface area (Å²) in [5.41, 5.74) is 3.03. The van der Waals surface area contributed by atoms with Crippen LogP contribution in [-0.2, 0) is 6.54 Å². The molecule has 17 heavy (non-hydrogen) atoms. The molecule has 0 atom stereocenters. The first-order valence-corrected chi connectivity index (χ1v) is 5.72. The molecule has 2 rings (SSSR count). The summed E-state index contributed by atoms with van der Waals surface area (Å²) < 4.78 is 1.94. The lowest BCUT2D eigenvalue weighted by Gasteiger charge is -2.11. The molecule has 0 aromatic carbocycles. The first kappa shape index (κ1) is 11.6. The van der Waals surface area contributed by atoms with Crippen molar-refractivity contribution in [3.8, 4) is 11.4 Å². The molecule has 2 heterocycles. The molecule has 0 fully saturated rings. The van der Waals surface area contributed by atoms with E-state index in [9.17, 15) is 0 Å². The molecule has 0 aliphatic rings. The molecule has 90 valence electrons. The summed E-state index contributed by atoms with van der Waals surface area (Å²) in [7, 11) is 1.87. The Hall–Kier alpha value is -1.91. The van der Waals surface area contributed by atoms with E-state index in [2.05, 4.69) is 27.3 Å². The second kappa shape index (κ2) is 4.53.